The fourth-order valence-electron chi connectivity index (χ4n) is 1.52. The van der Waals surface area contributed by atoms with Crippen LogP contribution in [0.15, 0.2) is 4.79 Å². The molecule has 0 aromatic carbocycles. The maximum atomic E-state index is 11.8. The Hall–Kier alpha value is -1.85. The van der Waals surface area contributed by atoms with Crippen LogP contribution in [0.1, 0.15) is 5.82 Å². The average molecular weight is 208 g/mol. The summed E-state index contributed by atoms with van der Waals surface area (Å²) in [7, 11) is 4.90. The number of aryl methyl sites for hydroxylation is 3. The highest BCUT2D eigenvalue weighted by molar-refractivity contribution is 5.79. The van der Waals surface area contributed by atoms with Crippen LogP contribution in [0.25, 0.3) is 11.0 Å². The van der Waals surface area contributed by atoms with E-state index in [1.165, 1.54) is 11.8 Å². The van der Waals surface area contributed by atoms with E-state index in [1.807, 2.05) is 6.92 Å². The van der Waals surface area contributed by atoms with Crippen molar-refractivity contribution in [2.24, 2.45) is 14.1 Å². The van der Waals surface area contributed by atoms with Gasteiger partial charge in [0.25, 0.3) is 11.4 Å². The summed E-state index contributed by atoms with van der Waals surface area (Å²) in [5.74, 6) is 1.13. The molecule has 80 valence electrons. The highest BCUT2D eigenvalue weighted by Gasteiger charge is 2.15. The average Bonchev–Trinajstić information content (AvgIpc) is 2.50. The summed E-state index contributed by atoms with van der Waals surface area (Å²) in [5.41, 5.74) is 0.858. The number of ether oxygens (including phenoxy) is 1. The Morgan fingerprint density at radius 1 is 1.33 bits per heavy atom. The van der Waals surface area contributed by atoms with Crippen molar-refractivity contribution < 1.29 is 4.74 Å². The Balaban J connectivity index is 3.03. The van der Waals surface area contributed by atoms with Gasteiger partial charge >= 0.3 is 0 Å². The smallest absolute Gasteiger partial charge is 0.292 e. The Labute approximate surface area is 86.1 Å². The summed E-state index contributed by atoms with van der Waals surface area (Å²) in [5, 5.41) is 3.98. The molecule has 2 rings (SSSR count). The van der Waals surface area contributed by atoms with Crippen molar-refractivity contribution in [1.82, 2.24) is 19.3 Å². The molecule has 0 saturated carbocycles. The van der Waals surface area contributed by atoms with Crippen molar-refractivity contribution in [2.45, 2.75) is 6.92 Å². The van der Waals surface area contributed by atoms with E-state index < -0.39 is 0 Å². The van der Waals surface area contributed by atoms with E-state index in [0.29, 0.717) is 16.9 Å². The van der Waals surface area contributed by atoms with E-state index in [9.17, 15) is 4.79 Å². The summed E-state index contributed by atoms with van der Waals surface area (Å²) in [6.07, 6.45) is 0. The maximum absolute atomic E-state index is 11.8. The van der Waals surface area contributed by atoms with Gasteiger partial charge in [-0.1, -0.05) is 0 Å². The van der Waals surface area contributed by atoms with Crippen molar-refractivity contribution in [2.75, 3.05) is 7.11 Å². The lowest BCUT2D eigenvalue weighted by Gasteiger charge is -2.02. The van der Waals surface area contributed by atoms with E-state index in [-0.39, 0.29) is 5.56 Å². The van der Waals surface area contributed by atoms with E-state index in [0.717, 1.165) is 5.82 Å². The predicted octanol–water partition coefficient (Wildman–Crippen LogP) is -0.0160. The zero-order valence-corrected chi connectivity index (χ0v) is 9.11. The number of hydrogen-bond donors (Lipinski definition) is 0. The van der Waals surface area contributed by atoms with E-state index in [2.05, 4.69) is 10.1 Å². The van der Waals surface area contributed by atoms with Crippen LogP contribution >= 0.6 is 0 Å². The first-order valence-corrected chi connectivity index (χ1v) is 4.50. The number of hydrogen-bond acceptors (Lipinski definition) is 4. The van der Waals surface area contributed by atoms with Gasteiger partial charge in [0, 0.05) is 14.1 Å². The minimum atomic E-state index is -0.172. The normalized spacial score (nSPS) is 10.9. The molecule has 0 aliphatic heterocycles. The first kappa shape index (κ1) is 9.70. The monoisotopic (exact) mass is 208 g/mol. The highest BCUT2D eigenvalue weighted by atomic mass is 16.5. The first-order chi connectivity index (χ1) is 7.06. The Morgan fingerprint density at radius 2 is 2.00 bits per heavy atom. The molecule has 6 nitrogen and oxygen atoms in total. The van der Waals surface area contributed by atoms with Gasteiger partial charge < -0.3 is 9.30 Å². The van der Waals surface area contributed by atoms with Gasteiger partial charge in [0.2, 0.25) is 0 Å². The minimum absolute atomic E-state index is 0.172. The molecule has 0 amide bonds. The third-order valence-corrected chi connectivity index (χ3v) is 2.45. The van der Waals surface area contributed by atoms with Crippen LogP contribution in [0.2, 0.25) is 0 Å². The molecule has 0 radical (unpaired) electrons. The van der Waals surface area contributed by atoms with Crippen LogP contribution in [0, 0.1) is 6.92 Å². The molecule has 15 heavy (non-hydrogen) atoms. The number of aromatic nitrogens is 4. The van der Waals surface area contributed by atoms with Crippen LogP contribution < -0.4 is 10.3 Å². The number of methoxy groups -OCH3 is 1. The van der Waals surface area contributed by atoms with Gasteiger partial charge in [-0.2, -0.15) is 0 Å². The van der Waals surface area contributed by atoms with Crippen molar-refractivity contribution >= 4 is 11.0 Å². The first-order valence-electron chi connectivity index (χ1n) is 4.50. The molecule has 0 N–H and O–H groups in total. The third kappa shape index (κ3) is 1.21. The van der Waals surface area contributed by atoms with Gasteiger partial charge in [0.1, 0.15) is 11.3 Å². The van der Waals surface area contributed by atoms with E-state index in [1.54, 1.807) is 18.7 Å². The van der Waals surface area contributed by atoms with Gasteiger partial charge in [-0.25, -0.2) is 9.67 Å². The zero-order valence-electron chi connectivity index (χ0n) is 9.11. The van der Waals surface area contributed by atoms with E-state index >= 15 is 0 Å². The Kier molecular flexibility index (Phi) is 1.99. The van der Waals surface area contributed by atoms with Gasteiger partial charge in [-0.15, -0.1) is 5.10 Å². The van der Waals surface area contributed by atoms with Crippen molar-refractivity contribution in [3.8, 4) is 5.88 Å². The molecule has 2 aromatic heterocycles. The number of rotatable bonds is 1. The molecule has 6 heteroatoms. The quantitative estimate of drug-likeness (QED) is 0.661. The third-order valence-electron chi connectivity index (χ3n) is 2.45. The molecule has 0 bridgehead atoms. The molecular formula is C9H12N4O2. The second-order valence-corrected chi connectivity index (χ2v) is 3.35. The van der Waals surface area contributed by atoms with Crippen LogP contribution in [0.3, 0.4) is 0 Å². The summed E-state index contributed by atoms with van der Waals surface area (Å²) < 4.78 is 8.08. The molecule has 0 spiro atoms. The molecule has 2 heterocycles. The Bertz CT molecular complexity index is 582. The summed E-state index contributed by atoms with van der Waals surface area (Å²) in [6.45, 7) is 1.83. The zero-order chi connectivity index (χ0) is 11.2. The van der Waals surface area contributed by atoms with Crippen LogP contribution in [-0.4, -0.2) is 26.4 Å². The van der Waals surface area contributed by atoms with Gasteiger partial charge in [0.15, 0.2) is 5.52 Å². The number of nitrogens with zero attached hydrogens (tertiary/aromatic N) is 4. The maximum Gasteiger partial charge on any atom is 0.292 e. The van der Waals surface area contributed by atoms with Crippen molar-refractivity contribution in [3.05, 3.63) is 16.2 Å². The topological polar surface area (TPSA) is 61.9 Å². The van der Waals surface area contributed by atoms with Crippen molar-refractivity contribution in [1.29, 1.82) is 0 Å². The van der Waals surface area contributed by atoms with Gasteiger partial charge in [-0.05, 0) is 6.92 Å². The van der Waals surface area contributed by atoms with E-state index in [4.69, 9.17) is 4.74 Å². The summed E-state index contributed by atoms with van der Waals surface area (Å²) in [6, 6.07) is 0. The fraction of sp³-hybridized carbons (Fsp3) is 0.444. The molecule has 0 aliphatic rings. The molecule has 0 atom stereocenters. The second-order valence-electron chi connectivity index (χ2n) is 3.35. The molecule has 0 fully saturated rings. The number of imidazole rings is 1. The summed E-state index contributed by atoms with van der Waals surface area (Å²) >= 11 is 0. The van der Waals surface area contributed by atoms with Gasteiger partial charge in [0.05, 0.1) is 7.11 Å². The molecular weight excluding hydrogens is 196 g/mol. The van der Waals surface area contributed by atoms with Crippen LogP contribution in [-0.2, 0) is 14.1 Å². The molecule has 2 aromatic rings. The SMILES string of the molecule is COc1nn(C)c(=O)c2c1nc(C)n2C. The molecule has 0 saturated heterocycles. The summed E-state index contributed by atoms with van der Waals surface area (Å²) in [4.78, 5) is 16.1. The standard InChI is InChI=1S/C9H12N4O2/c1-5-10-6-7(12(5)2)9(14)13(3)11-8(6)15-4/h1-4H3. The highest BCUT2D eigenvalue weighted by Crippen LogP contribution is 2.18. The van der Waals surface area contributed by atoms with Crippen LogP contribution in [0.5, 0.6) is 5.88 Å². The van der Waals surface area contributed by atoms with Gasteiger partial charge in [-0.3, -0.25) is 4.79 Å². The predicted molar refractivity (Wildman–Crippen MR) is 55.0 cm³/mol. The second kappa shape index (κ2) is 3.08. The number of fused-ring (bicyclic) bond motifs is 1. The molecule has 0 aliphatic carbocycles. The lowest BCUT2D eigenvalue weighted by atomic mass is 10.4. The fourth-order valence-corrected chi connectivity index (χ4v) is 1.52. The molecule has 0 unspecified atom stereocenters. The largest absolute Gasteiger partial charge is 0.478 e. The lowest BCUT2D eigenvalue weighted by Crippen LogP contribution is -2.21. The van der Waals surface area contributed by atoms with Crippen molar-refractivity contribution in [3.63, 3.8) is 0 Å². The Morgan fingerprint density at radius 3 is 2.60 bits per heavy atom. The minimum Gasteiger partial charge on any atom is -0.478 e. The van der Waals surface area contributed by atoms with Crippen LogP contribution in [0.4, 0.5) is 0 Å². The lowest BCUT2D eigenvalue weighted by molar-refractivity contribution is 0.387.